The second-order valence-electron chi connectivity index (χ2n) is 7.65. The lowest BCUT2D eigenvalue weighted by Gasteiger charge is -2.33. The fourth-order valence-electron chi connectivity index (χ4n) is 4.27. The van der Waals surface area contributed by atoms with Gasteiger partial charge in [0.2, 0.25) is 5.91 Å². The van der Waals surface area contributed by atoms with Crippen LogP contribution in [0.2, 0.25) is 0 Å². The van der Waals surface area contributed by atoms with Gasteiger partial charge in [-0.25, -0.2) is 14.2 Å². The van der Waals surface area contributed by atoms with E-state index in [0.717, 1.165) is 10.0 Å². The molecule has 32 heavy (non-hydrogen) atoms. The van der Waals surface area contributed by atoms with Gasteiger partial charge >= 0.3 is 5.97 Å². The Labute approximate surface area is 194 Å². The van der Waals surface area contributed by atoms with Crippen LogP contribution in [0.5, 0.6) is 0 Å². The van der Waals surface area contributed by atoms with Gasteiger partial charge in [0.05, 0.1) is 5.69 Å². The van der Waals surface area contributed by atoms with Crippen molar-refractivity contribution in [1.29, 1.82) is 0 Å². The first kappa shape index (κ1) is 21.1. The van der Waals surface area contributed by atoms with Crippen LogP contribution >= 0.6 is 27.7 Å². The van der Waals surface area contributed by atoms with Crippen molar-refractivity contribution in [3.8, 4) is 0 Å². The summed E-state index contributed by atoms with van der Waals surface area (Å²) in [7, 11) is 0. The Balaban J connectivity index is 1.36. The van der Waals surface area contributed by atoms with Gasteiger partial charge < -0.3 is 9.64 Å². The summed E-state index contributed by atoms with van der Waals surface area (Å²) in [6.45, 7) is -0.173. The van der Waals surface area contributed by atoms with Gasteiger partial charge in [-0.3, -0.25) is 14.0 Å². The van der Waals surface area contributed by atoms with E-state index in [1.54, 1.807) is 35.4 Å². The molecule has 10 heteroatoms. The topological polar surface area (TPSA) is 81.0 Å². The third-order valence-corrected chi connectivity index (χ3v) is 7.80. The van der Waals surface area contributed by atoms with Crippen molar-refractivity contribution in [3.63, 3.8) is 0 Å². The van der Waals surface area contributed by atoms with E-state index in [0.29, 0.717) is 29.9 Å². The first-order chi connectivity index (χ1) is 15.4. The molecule has 2 unspecified atom stereocenters. The first-order valence-electron chi connectivity index (χ1n) is 9.94. The molecule has 0 radical (unpaired) electrons. The minimum atomic E-state index is -0.752. The lowest BCUT2D eigenvalue weighted by Crippen LogP contribution is -2.46. The second kappa shape index (κ2) is 8.00. The number of fused-ring (bicyclic) bond motifs is 2. The molecule has 5 rings (SSSR count). The number of carbonyl (C=O) groups excluding carboxylic acids is 2. The second-order valence-corrected chi connectivity index (χ2v) is 9.86. The van der Waals surface area contributed by atoms with Crippen LogP contribution in [-0.4, -0.2) is 38.0 Å². The molecule has 2 aliphatic rings. The van der Waals surface area contributed by atoms with E-state index in [2.05, 4.69) is 20.9 Å². The monoisotopic (exact) mass is 517 g/mol. The predicted molar refractivity (Wildman–Crippen MR) is 119 cm³/mol. The molecular weight excluding hydrogens is 501 g/mol. The van der Waals surface area contributed by atoms with E-state index in [9.17, 15) is 18.8 Å². The highest BCUT2D eigenvalue weighted by molar-refractivity contribution is 9.10. The molecule has 1 aromatic carbocycles. The van der Waals surface area contributed by atoms with E-state index in [-0.39, 0.29) is 23.9 Å². The number of carbonyl (C=O) groups is 2. The Morgan fingerprint density at radius 3 is 2.81 bits per heavy atom. The summed E-state index contributed by atoms with van der Waals surface area (Å²) >= 11 is 4.81. The van der Waals surface area contributed by atoms with Crippen LogP contribution in [0.15, 0.2) is 57.9 Å². The Kier molecular flexibility index (Phi) is 5.29. The number of hydrogen-bond acceptors (Lipinski definition) is 6. The molecule has 1 amide bonds. The van der Waals surface area contributed by atoms with Crippen LogP contribution in [0, 0.1) is 5.82 Å². The van der Waals surface area contributed by atoms with Crippen molar-refractivity contribution < 1.29 is 18.7 Å². The number of aromatic nitrogens is 2. The predicted octanol–water partition coefficient (Wildman–Crippen LogP) is 3.23. The number of nitrogens with zero attached hydrogens (tertiary/aromatic N) is 3. The van der Waals surface area contributed by atoms with Gasteiger partial charge in [0, 0.05) is 28.9 Å². The minimum Gasteiger partial charge on any atom is -0.458 e. The molecule has 3 aromatic rings. The zero-order valence-electron chi connectivity index (χ0n) is 16.7. The van der Waals surface area contributed by atoms with Gasteiger partial charge in [-0.2, -0.15) is 0 Å². The summed E-state index contributed by atoms with van der Waals surface area (Å²) in [5, 5.41) is 0. The van der Waals surface area contributed by atoms with Crippen molar-refractivity contribution in [2.45, 2.75) is 30.4 Å². The normalized spacial score (nSPS) is 22.4. The Hall–Kier alpha value is -2.72. The molecular formula is C22H17BrFN3O4S. The highest BCUT2D eigenvalue weighted by Crippen LogP contribution is 2.54. The average Bonchev–Trinajstić information content (AvgIpc) is 3.32. The van der Waals surface area contributed by atoms with Gasteiger partial charge in [-0.1, -0.05) is 12.1 Å². The number of hydrogen-bond donors (Lipinski definition) is 0. The van der Waals surface area contributed by atoms with Crippen LogP contribution in [-0.2, 0) is 25.8 Å². The lowest BCUT2D eigenvalue weighted by atomic mass is 10.0. The molecule has 0 bridgehead atoms. The maximum atomic E-state index is 13.4. The number of amides is 1. The fraction of sp³-hybridized carbons (Fsp3) is 0.273. The average molecular weight is 518 g/mol. The quantitative estimate of drug-likeness (QED) is 0.494. The third kappa shape index (κ3) is 3.51. The third-order valence-electron chi connectivity index (χ3n) is 5.73. The molecule has 2 aliphatic heterocycles. The van der Waals surface area contributed by atoms with E-state index in [1.165, 1.54) is 34.4 Å². The molecule has 4 heterocycles. The van der Waals surface area contributed by atoms with Gasteiger partial charge in [-0.05, 0) is 52.2 Å². The number of halogens is 2. The fourth-order valence-corrected chi connectivity index (χ4v) is 6.24. The Morgan fingerprint density at radius 2 is 2.03 bits per heavy atom. The maximum absolute atomic E-state index is 13.4. The van der Waals surface area contributed by atoms with Crippen molar-refractivity contribution >= 4 is 45.2 Å². The van der Waals surface area contributed by atoms with E-state index < -0.39 is 16.9 Å². The number of thioether (sulfide) groups is 1. The standard InChI is InChI=1S/C22H17BrFN3O4S/c23-14-3-6-18-25-16(9-20(29)26(18)10-14)11-31-21(30)17-12-32-22(8-7-19(28)27(17)22)13-1-4-15(24)5-2-13/h1-6,9-10,17H,7-8,11-12H2. The molecule has 0 N–H and O–H groups in total. The summed E-state index contributed by atoms with van der Waals surface area (Å²) in [6.07, 6.45) is 2.47. The minimum absolute atomic E-state index is 0.131. The summed E-state index contributed by atoms with van der Waals surface area (Å²) < 4.78 is 21.0. The summed E-state index contributed by atoms with van der Waals surface area (Å²) in [5.41, 5.74) is 1.27. The van der Waals surface area contributed by atoms with Gasteiger partial charge in [0.25, 0.3) is 5.56 Å². The van der Waals surface area contributed by atoms with Gasteiger partial charge in [0.1, 0.15) is 29.0 Å². The van der Waals surface area contributed by atoms with Crippen LogP contribution in [0.3, 0.4) is 0 Å². The van der Waals surface area contributed by atoms with Crippen LogP contribution in [0.25, 0.3) is 5.65 Å². The Bertz CT molecular complexity index is 1300. The zero-order valence-corrected chi connectivity index (χ0v) is 19.1. The highest BCUT2D eigenvalue weighted by Gasteiger charge is 2.57. The van der Waals surface area contributed by atoms with E-state index in [1.807, 2.05) is 0 Å². The van der Waals surface area contributed by atoms with Crippen molar-refractivity contribution in [2.75, 3.05) is 5.75 Å². The molecule has 2 saturated heterocycles. The van der Waals surface area contributed by atoms with E-state index in [4.69, 9.17) is 4.74 Å². The number of rotatable bonds is 4. The number of esters is 1. The number of ether oxygens (including phenoxy) is 1. The molecule has 164 valence electrons. The molecule has 0 spiro atoms. The van der Waals surface area contributed by atoms with Crippen molar-refractivity contribution in [3.05, 3.63) is 80.6 Å². The first-order valence-corrected chi connectivity index (χ1v) is 11.7. The highest BCUT2D eigenvalue weighted by atomic mass is 79.9. The van der Waals surface area contributed by atoms with Crippen LogP contribution in [0.4, 0.5) is 4.39 Å². The summed E-state index contributed by atoms with van der Waals surface area (Å²) in [5.74, 6) is -0.654. The molecule has 0 aliphatic carbocycles. The largest absolute Gasteiger partial charge is 0.458 e. The zero-order chi connectivity index (χ0) is 22.5. The van der Waals surface area contributed by atoms with Gasteiger partial charge in [0.15, 0.2) is 0 Å². The van der Waals surface area contributed by atoms with E-state index >= 15 is 0 Å². The molecule has 2 atom stereocenters. The molecule has 2 fully saturated rings. The van der Waals surface area contributed by atoms with Crippen LogP contribution < -0.4 is 5.56 Å². The van der Waals surface area contributed by atoms with Gasteiger partial charge in [-0.15, -0.1) is 11.8 Å². The van der Waals surface area contributed by atoms with Crippen molar-refractivity contribution in [2.24, 2.45) is 0 Å². The summed E-state index contributed by atoms with van der Waals surface area (Å²) in [4.78, 5) is 43.2. The summed E-state index contributed by atoms with van der Waals surface area (Å²) in [6, 6.07) is 10.1. The van der Waals surface area contributed by atoms with Crippen molar-refractivity contribution in [1.82, 2.24) is 14.3 Å². The van der Waals surface area contributed by atoms with Crippen LogP contribution in [0.1, 0.15) is 24.1 Å². The molecule has 2 aromatic heterocycles. The molecule has 7 nitrogen and oxygen atoms in total. The number of pyridine rings is 1. The maximum Gasteiger partial charge on any atom is 0.330 e. The number of benzene rings is 1. The Morgan fingerprint density at radius 1 is 1.25 bits per heavy atom. The molecule has 0 saturated carbocycles. The SMILES string of the molecule is O=C(OCc1cc(=O)n2cc(Br)ccc2n1)C1CSC2(c3ccc(F)cc3)CCC(=O)N12. The smallest absolute Gasteiger partial charge is 0.330 e. The lowest BCUT2D eigenvalue weighted by molar-refractivity contribution is -0.155.